The van der Waals surface area contributed by atoms with E-state index in [1.54, 1.807) is 11.0 Å². The second-order valence-electron chi connectivity index (χ2n) is 7.93. The van der Waals surface area contributed by atoms with Gasteiger partial charge in [-0.2, -0.15) is 0 Å². The van der Waals surface area contributed by atoms with Crippen molar-refractivity contribution >= 4 is 35.4 Å². The molecule has 2 amide bonds. The number of carbonyl (C=O) groups is 2. The number of amides is 2. The Morgan fingerprint density at radius 1 is 1.25 bits per heavy atom. The first-order valence-electron chi connectivity index (χ1n) is 9.38. The van der Waals surface area contributed by atoms with Crippen LogP contribution in [0, 0.1) is 5.92 Å². The molecule has 1 N–H and O–H groups in total. The minimum atomic E-state index is -0.547. The molecule has 28 heavy (non-hydrogen) atoms. The maximum Gasteiger partial charge on any atom is 0.410 e. The summed E-state index contributed by atoms with van der Waals surface area (Å²) >= 11 is 12.3. The smallest absolute Gasteiger partial charge is 0.410 e. The Morgan fingerprint density at radius 3 is 2.57 bits per heavy atom. The van der Waals surface area contributed by atoms with Gasteiger partial charge in [0.15, 0.2) is 0 Å². The van der Waals surface area contributed by atoms with Gasteiger partial charge in [-0.1, -0.05) is 29.3 Å². The molecule has 0 aliphatic carbocycles. The van der Waals surface area contributed by atoms with Crippen LogP contribution in [0.5, 0.6) is 0 Å². The number of hydrogen-bond donors (Lipinski definition) is 1. The van der Waals surface area contributed by atoms with Gasteiger partial charge in [-0.25, -0.2) is 9.59 Å². The first-order chi connectivity index (χ1) is 13.1. The van der Waals surface area contributed by atoms with Crippen LogP contribution in [-0.4, -0.2) is 49.4 Å². The van der Waals surface area contributed by atoms with Gasteiger partial charge in [-0.3, -0.25) is 0 Å². The van der Waals surface area contributed by atoms with Gasteiger partial charge in [-0.05, 0) is 57.2 Å². The zero-order chi connectivity index (χ0) is 20.9. The second kappa shape index (κ2) is 9.70. The van der Waals surface area contributed by atoms with Crippen molar-refractivity contribution in [2.75, 3.05) is 26.7 Å². The quantitative estimate of drug-likeness (QED) is 0.722. The molecule has 2 rings (SSSR count). The number of hydrogen-bond acceptors (Lipinski definition) is 4. The molecule has 1 aromatic carbocycles. The summed E-state index contributed by atoms with van der Waals surface area (Å²) in [6.45, 7) is 6.97. The molecule has 1 unspecified atom stereocenters. The van der Waals surface area contributed by atoms with Crippen molar-refractivity contribution < 1.29 is 19.1 Å². The summed E-state index contributed by atoms with van der Waals surface area (Å²) in [7, 11) is 1.53. The van der Waals surface area contributed by atoms with Gasteiger partial charge in [0.2, 0.25) is 0 Å². The summed E-state index contributed by atoms with van der Waals surface area (Å²) in [4.78, 5) is 25.6. The molecule has 0 aromatic heterocycles. The van der Waals surface area contributed by atoms with E-state index in [0.717, 1.165) is 12.0 Å². The van der Waals surface area contributed by atoms with E-state index < -0.39 is 11.7 Å². The molecule has 1 saturated heterocycles. The van der Waals surface area contributed by atoms with E-state index in [1.165, 1.54) is 7.05 Å². The number of benzene rings is 1. The standard InChI is InChI=1S/C20H28Cl2N2O4/c1-20(2,3)28-19(26)24-9-7-13(8-10-27-18(25)23-4)15(12-24)14-5-6-16(21)17(22)11-14/h5-6,11,13,15H,7-10,12H2,1-4H3,(H,23,25)/t13-,15?/m0/s1. The van der Waals surface area contributed by atoms with Crippen molar-refractivity contribution in [1.82, 2.24) is 10.2 Å². The number of nitrogens with zero attached hydrogens (tertiary/aromatic N) is 1. The number of piperidine rings is 1. The van der Waals surface area contributed by atoms with Crippen LogP contribution in [0.2, 0.25) is 10.0 Å². The SMILES string of the molecule is CNC(=O)OCC[C@@H]1CCN(C(=O)OC(C)(C)C)CC1c1ccc(Cl)c(Cl)c1. The minimum Gasteiger partial charge on any atom is -0.450 e. The molecule has 0 bridgehead atoms. The normalized spacial score (nSPS) is 19.9. The highest BCUT2D eigenvalue weighted by Crippen LogP contribution is 2.37. The third-order valence-electron chi connectivity index (χ3n) is 4.71. The van der Waals surface area contributed by atoms with Gasteiger partial charge in [0, 0.05) is 26.1 Å². The largest absolute Gasteiger partial charge is 0.450 e. The van der Waals surface area contributed by atoms with Crippen LogP contribution in [0.1, 0.15) is 45.1 Å². The van der Waals surface area contributed by atoms with Crippen LogP contribution < -0.4 is 5.32 Å². The Hall–Kier alpha value is -1.66. The molecular formula is C20H28Cl2N2O4. The molecule has 1 aromatic rings. The van der Waals surface area contributed by atoms with Crippen LogP contribution in [0.4, 0.5) is 9.59 Å². The number of rotatable bonds is 4. The molecule has 2 atom stereocenters. The highest BCUT2D eigenvalue weighted by molar-refractivity contribution is 6.42. The van der Waals surface area contributed by atoms with Crippen LogP contribution in [0.25, 0.3) is 0 Å². The van der Waals surface area contributed by atoms with Gasteiger partial charge in [-0.15, -0.1) is 0 Å². The van der Waals surface area contributed by atoms with Crippen molar-refractivity contribution in [3.63, 3.8) is 0 Å². The summed E-state index contributed by atoms with van der Waals surface area (Å²) < 4.78 is 10.7. The van der Waals surface area contributed by atoms with Crippen molar-refractivity contribution in [2.45, 2.75) is 45.1 Å². The second-order valence-corrected chi connectivity index (χ2v) is 8.74. The van der Waals surface area contributed by atoms with Gasteiger partial charge in [0.1, 0.15) is 5.60 Å². The van der Waals surface area contributed by atoms with Gasteiger partial charge in [0.25, 0.3) is 0 Å². The Balaban J connectivity index is 2.15. The number of alkyl carbamates (subject to hydrolysis) is 1. The molecule has 1 aliphatic heterocycles. The molecule has 1 aliphatic rings. The summed E-state index contributed by atoms with van der Waals surface area (Å²) in [6.07, 6.45) is 0.705. The minimum absolute atomic E-state index is 0.0457. The number of carbonyl (C=O) groups excluding carboxylic acids is 2. The van der Waals surface area contributed by atoms with Crippen LogP contribution in [0.3, 0.4) is 0 Å². The Bertz CT molecular complexity index is 706. The topological polar surface area (TPSA) is 67.9 Å². The fourth-order valence-corrected chi connectivity index (χ4v) is 3.64. The highest BCUT2D eigenvalue weighted by atomic mass is 35.5. The Labute approximate surface area is 176 Å². The Morgan fingerprint density at radius 2 is 1.96 bits per heavy atom. The first kappa shape index (κ1) is 22.6. The number of halogens is 2. The lowest BCUT2D eigenvalue weighted by Gasteiger charge is -2.39. The van der Waals surface area contributed by atoms with E-state index in [1.807, 2.05) is 32.9 Å². The molecule has 8 heteroatoms. The average molecular weight is 431 g/mol. The number of likely N-dealkylation sites (tertiary alicyclic amines) is 1. The molecule has 0 radical (unpaired) electrons. The molecule has 1 heterocycles. The first-order valence-corrected chi connectivity index (χ1v) is 10.1. The molecule has 6 nitrogen and oxygen atoms in total. The maximum atomic E-state index is 12.5. The van der Waals surface area contributed by atoms with Crippen LogP contribution in [-0.2, 0) is 9.47 Å². The van der Waals surface area contributed by atoms with Crippen LogP contribution in [0.15, 0.2) is 18.2 Å². The van der Waals surface area contributed by atoms with Crippen molar-refractivity contribution in [3.05, 3.63) is 33.8 Å². The third kappa shape index (κ3) is 6.45. The lowest BCUT2D eigenvalue weighted by molar-refractivity contribution is 0.0144. The van der Waals surface area contributed by atoms with Gasteiger partial charge >= 0.3 is 12.2 Å². The predicted molar refractivity (Wildman–Crippen MR) is 110 cm³/mol. The molecule has 156 valence electrons. The summed E-state index contributed by atoms with van der Waals surface area (Å²) in [6, 6.07) is 5.55. The lowest BCUT2D eigenvalue weighted by Crippen LogP contribution is -2.45. The van der Waals surface area contributed by atoms with E-state index in [-0.39, 0.29) is 17.9 Å². The number of nitrogens with one attached hydrogen (secondary N) is 1. The predicted octanol–water partition coefficient (Wildman–Crippen LogP) is 5.08. The zero-order valence-corrected chi connectivity index (χ0v) is 18.3. The Kier molecular flexibility index (Phi) is 7.84. The maximum absolute atomic E-state index is 12.5. The highest BCUT2D eigenvalue weighted by Gasteiger charge is 2.34. The molecular weight excluding hydrogens is 403 g/mol. The zero-order valence-electron chi connectivity index (χ0n) is 16.8. The molecule has 0 saturated carbocycles. The summed E-state index contributed by atoms with van der Waals surface area (Å²) in [5, 5.41) is 3.41. The fraction of sp³-hybridized carbons (Fsp3) is 0.600. The monoisotopic (exact) mass is 430 g/mol. The summed E-state index contributed by atoms with van der Waals surface area (Å²) in [5.41, 5.74) is 0.460. The van der Waals surface area contributed by atoms with E-state index in [2.05, 4.69) is 5.32 Å². The van der Waals surface area contributed by atoms with E-state index in [0.29, 0.717) is 36.2 Å². The van der Waals surface area contributed by atoms with E-state index in [9.17, 15) is 9.59 Å². The third-order valence-corrected chi connectivity index (χ3v) is 5.44. The van der Waals surface area contributed by atoms with E-state index in [4.69, 9.17) is 32.7 Å². The van der Waals surface area contributed by atoms with Crippen molar-refractivity contribution in [3.8, 4) is 0 Å². The van der Waals surface area contributed by atoms with Crippen molar-refractivity contribution in [1.29, 1.82) is 0 Å². The molecule has 1 fully saturated rings. The van der Waals surface area contributed by atoms with Gasteiger partial charge in [0.05, 0.1) is 16.7 Å². The fourth-order valence-electron chi connectivity index (χ4n) is 3.33. The van der Waals surface area contributed by atoms with Crippen LogP contribution >= 0.6 is 23.2 Å². The average Bonchev–Trinajstić information content (AvgIpc) is 2.62. The van der Waals surface area contributed by atoms with Gasteiger partial charge < -0.3 is 19.7 Å². The lowest BCUT2D eigenvalue weighted by atomic mass is 9.79. The number of ether oxygens (including phenoxy) is 2. The van der Waals surface area contributed by atoms with E-state index >= 15 is 0 Å². The summed E-state index contributed by atoms with van der Waals surface area (Å²) in [5.74, 6) is 0.282. The van der Waals surface area contributed by atoms with Crippen molar-refractivity contribution in [2.24, 2.45) is 5.92 Å². The molecule has 0 spiro atoms.